The number of hydrogen-bond acceptors (Lipinski definition) is 9. The first kappa shape index (κ1) is 22.3. The summed E-state index contributed by atoms with van der Waals surface area (Å²) < 4.78 is 49.3. The number of rotatable bonds is 7. The second kappa shape index (κ2) is 7.84. The molecule has 144 valence electrons. The van der Waals surface area contributed by atoms with E-state index in [1.807, 2.05) is 0 Å². The van der Waals surface area contributed by atoms with Crippen molar-refractivity contribution in [1.82, 2.24) is 0 Å². The van der Waals surface area contributed by atoms with Gasteiger partial charge in [0.15, 0.2) is 6.29 Å². The van der Waals surface area contributed by atoms with Gasteiger partial charge in [-0.15, -0.1) is 0 Å². The number of phosphoric acid groups is 3. The van der Waals surface area contributed by atoms with Gasteiger partial charge >= 0.3 is 23.5 Å². The van der Waals surface area contributed by atoms with Crippen molar-refractivity contribution >= 4 is 23.5 Å². The van der Waals surface area contributed by atoms with Gasteiger partial charge in [-0.2, -0.15) is 0 Å². The Bertz CT molecular complexity index is 560. The van der Waals surface area contributed by atoms with Crippen molar-refractivity contribution in [3.8, 4) is 0 Å². The number of hydrogen-bond donors (Lipinski definition) is 8. The van der Waals surface area contributed by atoms with E-state index in [-0.39, 0.29) is 0 Å². The van der Waals surface area contributed by atoms with Crippen LogP contribution in [-0.4, -0.2) is 76.9 Å². The van der Waals surface area contributed by atoms with Crippen LogP contribution in [0, 0.1) is 0 Å². The summed E-state index contributed by atoms with van der Waals surface area (Å²) in [5, 5.41) is 19.5. The Morgan fingerprint density at radius 2 is 1.25 bits per heavy atom. The normalized spacial score (nSPS) is 32.8. The lowest BCUT2D eigenvalue weighted by molar-refractivity contribution is -0.279. The molecule has 1 aliphatic heterocycles. The van der Waals surface area contributed by atoms with Gasteiger partial charge in [-0.3, -0.25) is 13.6 Å². The zero-order chi connectivity index (χ0) is 18.9. The highest BCUT2D eigenvalue weighted by Gasteiger charge is 2.51. The summed E-state index contributed by atoms with van der Waals surface area (Å²) in [6.07, 6.45) is -10.7. The molecule has 0 unspecified atom stereocenters. The molecule has 0 radical (unpaired) electrons. The molecule has 0 amide bonds. The first-order chi connectivity index (χ1) is 10.6. The number of aliphatic hydroxyl groups excluding tert-OH is 2. The molecule has 0 aliphatic carbocycles. The van der Waals surface area contributed by atoms with E-state index < -0.39 is 60.8 Å². The molecule has 1 aliphatic rings. The van der Waals surface area contributed by atoms with Crippen LogP contribution >= 0.6 is 23.5 Å². The monoisotopic (exact) mass is 420 g/mol. The maximum Gasteiger partial charge on any atom is 0.470 e. The van der Waals surface area contributed by atoms with Gasteiger partial charge in [0, 0.05) is 0 Å². The standard InChI is InChI=1S/C6H15O15P3/c7-3-2(1-18-22(9,10)11)19-6(8)5(21-24(15,16)17)4(3)20-23(12,13)14/h2-8H,1H2,(H2,9,10,11)(H2,12,13,14)(H2,15,16,17)/t2-,3-,4+,5-,6+/m1/s1. The van der Waals surface area contributed by atoms with Crippen LogP contribution in [0.15, 0.2) is 0 Å². The minimum absolute atomic E-state index is 1.05. The van der Waals surface area contributed by atoms with Gasteiger partial charge in [0.2, 0.25) is 0 Å². The van der Waals surface area contributed by atoms with E-state index in [0.717, 1.165) is 0 Å². The summed E-state index contributed by atoms with van der Waals surface area (Å²) in [4.78, 5) is 52.2. The first-order valence-electron chi connectivity index (χ1n) is 5.78. The molecule has 5 atom stereocenters. The second-order valence-corrected chi connectivity index (χ2v) is 8.09. The first-order valence-corrected chi connectivity index (χ1v) is 10.4. The number of aliphatic hydroxyl groups is 2. The third-order valence-electron chi connectivity index (χ3n) is 2.56. The Morgan fingerprint density at radius 1 is 0.792 bits per heavy atom. The predicted molar refractivity (Wildman–Crippen MR) is 68.7 cm³/mol. The molecule has 0 spiro atoms. The number of phosphoric ester groups is 3. The molecular formula is C6H15O15P3. The van der Waals surface area contributed by atoms with Gasteiger partial charge in [0.1, 0.15) is 24.4 Å². The highest BCUT2D eigenvalue weighted by atomic mass is 31.2. The molecule has 0 aromatic rings. The van der Waals surface area contributed by atoms with Gasteiger partial charge in [0.25, 0.3) is 0 Å². The van der Waals surface area contributed by atoms with Crippen molar-refractivity contribution in [2.75, 3.05) is 6.61 Å². The lowest BCUT2D eigenvalue weighted by atomic mass is 9.99. The van der Waals surface area contributed by atoms with E-state index in [1.165, 1.54) is 0 Å². The zero-order valence-corrected chi connectivity index (χ0v) is 14.1. The Hall–Kier alpha value is 0.210. The maximum atomic E-state index is 10.9. The summed E-state index contributed by atoms with van der Waals surface area (Å²) in [5.41, 5.74) is 0. The molecule has 1 fully saturated rings. The third kappa shape index (κ3) is 7.62. The van der Waals surface area contributed by atoms with E-state index in [4.69, 9.17) is 29.4 Å². The molecule has 0 saturated carbocycles. The minimum Gasteiger partial charge on any atom is -0.387 e. The van der Waals surface area contributed by atoms with Crippen molar-refractivity contribution in [1.29, 1.82) is 0 Å². The highest BCUT2D eigenvalue weighted by molar-refractivity contribution is 7.46. The average Bonchev–Trinajstić information content (AvgIpc) is 2.32. The van der Waals surface area contributed by atoms with Crippen LogP contribution in [-0.2, 0) is 32.0 Å². The third-order valence-corrected chi connectivity index (χ3v) is 4.08. The molecule has 0 aromatic heterocycles. The van der Waals surface area contributed by atoms with Crippen LogP contribution in [0.2, 0.25) is 0 Å². The van der Waals surface area contributed by atoms with Crippen LogP contribution in [0.5, 0.6) is 0 Å². The summed E-state index contributed by atoms with van der Waals surface area (Å²) in [6, 6.07) is 0. The van der Waals surface area contributed by atoms with Gasteiger partial charge in [-0.05, 0) is 0 Å². The Morgan fingerprint density at radius 3 is 1.67 bits per heavy atom. The van der Waals surface area contributed by atoms with E-state index >= 15 is 0 Å². The summed E-state index contributed by atoms with van der Waals surface area (Å²) in [6.45, 7) is -1.05. The fourth-order valence-electron chi connectivity index (χ4n) is 1.77. The Balaban J connectivity index is 3.02. The molecule has 15 nitrogen and oxygen atoms in total. The predicted octanol–water partition coefficient (Wildman–Crippen LogP) is -2.87. The van der Waals surface area contributed by atoms with Crippen molar-refractivity contribution in [3.63, 3.8) is 0 Å². The van der Waals surface area contributed by atoms with Crippen LogP contribution < -0.4 is 0 Å². The fraction of sp³-hybridized carbons (Fsp3) is 1.00. The highest BCUT2D eigenvalue weighted by Crippen LogP contribution is 2.46. The van der Waals surface area contributed by atoms with Gasteiger partial charge in [-0.1, -0.05) is 0 Å². The van der Waals surface area contributed by atoms with E-state index in [9.17, 15) is 23.9 Å². The Labute approximate surface area is 133 Å². The second-order valence-electron chi connectivity index (χ2n) is 4.46. The van der Waals surface area contributed by atoms with E-state index in [0.29, 0.717) is 0 Å². The van der Waals surface area contributed by atoms with Crippen molar-refractivity contribution in [2.45, 2.75) is 30.7 Å². The van der Waals surface area contributed by atoms with Crippen LogP contribution in [0.25, 0.3) is 0 Å². The zero-order valence-electron chi connectivity index (χ0n) is 11.4. The van der Waals surface area contributed by atoms with Crippen LogP contribution in [0.1, 0.15) is 0 Å². The molecular weight excluding hydrogens is 405 g/mol. The van der Waals surface area contributed by atoms with Crippen molar-refractivity contribution in [2.24, 2.45) is 0 Å². The molecule has 1 heterocycles. The van der Waals surface area contributed by atoms with Gasteiger partial charge < -0.3 is 44.3 Å². The molecule has 18 heteroatoms. The van der Waals surface area contributed by atoms with Gasteiger partial charge in [0.05, 0.1) is 6.61 Å². The van der Waals surface area contributed by atoms with Crippen LogP contribution in [0.3, 0.4) is 0 Å². The van der Waals surface area contributed by atoms with Crippen molar-refractivity contribution < 1.29 is 71.6 Å². The summed E-state index contributed by atoms with van der Waals surface area (Å²) in [5.74, 6) is 0. The van der Waals surface area contributed by atoms with Crippen LogP contribution in [0.4, 0.5) is 0 Å². The minimum atomic E-state index is -5.33. The van der Waals surface area contributed by atoms with E-state index in [2.05, 4.69) is 18.3 Å². The fourth-order valence-corrected chi connectivity index (χ4v) is 3.21. The molecule has 24 heavy (non-hydrogen) atoms. The molecule has 1 rings (SSSR count). The molecule has 8 N–H and O–H groups in total. The van der Waals surface area contributed by atoms with Crippen molar-refractivity contribution in [3.05, 3.63) is 0 Å². The lowest BCUT2D eigenvalue weighted by Crippen LogP contribution is -2.59. The molecule has 0 aromatic carbocycles. The maximum absolute atomic E-state index is 10.9. The SMILES string of the molecule is O=P(O)(O)OC[C@H]1O[C@H](O)[C@H](OP(=O)(O)O)[C@@H](OP(=O)(O)O)[C@@H]1O. The molecule has 0 bridgehead atoms. The quantitative estimate of drug-likeness (QED) is 0.193. The lowest BCUT2D eigenvalue weighted by Gasteiger charge is -2.41. The van der Waals surface area contributed by atoms with Gasteiger partial charge in [-0.25, -0.2) is 13.7 Å². The average molecular weight is 420 g/mol. The summed E-state index contributed by atoms with van der Waals surface area (Å²) >= 11 is 0. The number of ether oxygens (including phenoxy) is 1. The molecule has 1 saturated heterocycles. The van der Waals surface area contributed by atoms with E-state index in [1.54, 1.807) is 0 Å². The Kier molecular flexibility index (Phi) is 7.27. The largest absolute Gasteiger partial charge is 0.470 e. The smallest absolute Gasteiger partial charge is 0.387 e. The topological polar surface area (TPSA) is 250 Å². The summed E-state index contributed by atoms with van der Waals surface area (Å²) in [7, 11) is -15.6.